The molecule has 0 spiro atoms. The van der Waals surface area contributed by atoms with Crippen LogP contribution < -0.4 is 19.8 Å². The summed E-state index contributed by atoms with van der Waals surface area (Å²) in [4.78, 5) is 33.3. The van der Waals surface area contributed by atoms with E-state index in [1.54, 1.807) is 42.3 Å². The molecular weight excluding hydrogens is 548 g/mol. The molecule has 0 aliphatic carbocycles. The number of hydrogen-bond acceptors (Lipinski definition) is 8. The van der Waals surface area contributed by atoms with Crippen molar-refractivity contribution in [1.29, 1.82) is 0 Å². The first-order valence-corrected chi connectivity index (χ1v) is 14.2. The summed E-state index contributed by atoms with van der Waals surface area (Å²) in [5.74, 6) is 1.99. The van der Waals surface area contributed by atoms with E-state index in [1.807, 2.05) is 31.2 Å². The highest BCUT2D eigenvalue weighted by Crippen LogP contribution is 2.34. The first-order chi connectivity index (χ1) is 20.8. The number of methoxy groups -OCH3 is 2. The van der Waals surface area contributed by atoms with Crippen molar-refractivity contribution >= 4 is 23.0 Å². The van der Waals surface area contributed by atoms with Crippen molar-refractivity contribution < 1.29 is 23.7 Å². The van der Waals surface area contributed by atoms with E-state index in [2.05, 4.69) is 18.9 Å². The molecule has 1 saturated heterocycles. The highest BCUT2D eigenvalue weighted by atomic mass is 16.5. The van der Waals surface area contributed by atoms with E-state index < -0.39 is 0 Å². The minimum atomic E-state index is -0.314. The molecule has 3 aromatic carbocycles. The molecule has 0 atom stereocenters. The zero-order valence-electron chi connectivity index (χ0n) is 25.1. The maximum absolute atomic E-state index is 13.9. The van der Waals surface area contributed by atoms with Gasteiger partial charge in [-0.1, -0.05) is 32.0 Å². The number of aromatic nitrogens is 2. The van der Waals surface area contributed by atoms with Crippen LogP contribution >= 0.6 is 0 Å². The topological polar surface area (TPSA) is 104 Å². The molecule has 2 heterocycles. The van der Waals surface area contributed by atoms with Crippen LogP contribution in [0.1, 0.15) is 36.5 Å². The summed E-state index contributed by atoms with van der Waals surface area (Å²) in [5.41, 5.74) is 3.44. The molecule has 1 fully saturated rings. The van der Waals surface area contributed by atoms with Gasteiger partial charge >= 0.3 is 0 Å². The van der Waals surface area contributed by atoms with Crippen LogP contribution in [0.5, 0.6) is 17.2 Å². The summed E-state index contributed by atoms with van der Waals surface area (Å²) in [7, 11) is 3.18. The van der Waals surface area contributed by atoms with Crippen molar-refractivity contribution in [3.8, 4) is 28.6 Å². The maximum Gasteiger partial charge on any atom is 0.282 e. The van der Waals surface area contributed by atoms with Crippen molar-refractivity contribution in [2.24, 2.45) is 5.10 Å². The van der Waals surface area contributed by atoms with Gasteiger partial charge in [0, 0.05) is 24.2 Å². The number of carbonyl (C=O) groups is 1. The summed E-state index contributed by atoms with van der Waals surface area (Å²) in [5, 5.41) is 5.09. The van der Waals surface area contributed by atoms with Crippen LogP contribution in [0.2, 0.25) is 0 Å². The van der Waals surface area contributed by atoms with Gasteiger partial charge in [-0.15, -0.1) is 0 Å². The Morgan fingerprint density at radius 2 is 1.79 bits per heavy atom. The van der Waals surface area contributed by atoms with Gasteiger partial charge in [0.15, 0.2) is 23.9 Å². The van der Waals surface area contributed by atoms with Crippen LogP contribution in [0, 0.1) is 6.92 Å². The van der Waals surface area contributed by atoms with Gasteiger partial charge in [-0.2, -0.15) is 9.78 Å². The Balaban J connectivity index is 1.60. The quantitative estimate of drug-likeness (QED) is 0.264. The van der Waals surface area contributed by atoms with E-state index in [-0.39, 0.29) is 24.0 Å². The highest BCUT2D eigenvalue weighted by molar-refractivity contribution is 5.86. The summed E-state index contributed by atoms with van der Waals surface area (Å²) < 4.78 is 23.8. The molecular formula is C33H36N4O6. The molecule has 5 rings (SSSR count). The average molecular weight is 585 g/mol. The molecule has 10 nitrogen and oxygen atoms in total. The Kier molecular flexibility index (Phi) is 9.06. The fourth-order valence-corrected chi connectivity index (χ4v) is 5.08. The van der Waals surface area contributed by atoms with Crippen LogP contribution in [-0.4, -0.2) is 73.8 Å². The van der Waals surface area contributed by atoms with E-state index in [0.29, 0.717) is 60.1 Å². The van der Waals surface area contributed by atoms with Gasteiger partial charge < -0.3 is 23.8 Å². The number of para-hydroxylation sites is 2. The van der Waals surface area contributed by atoms with Gasteiger partial charge in [0.2, 0.25) is 0 Å². The molecule has 4 aromatic rings. The Bertz CT molecular complexity index is 1720. The molecule has 0 bridgehead atoms. The van der Waals surface area contributed by atoms with E-state index >= 15 is 0 Å². The first-order valence-electron chi connectivity index (χ1n) is 14.2. The summed E-state index contributed by atoms with van der Waals surface area (Å²) >= 11 is 0. The second-order valence-corrected chi connectivity index (χ2v) is 10.5. The van der Waals surface area contributed by atoms with Crippen molar-refractivity contribution in [1.82, 2.24) is 14.6 Å². The molecule has 1 aliphatic heterocycles. The van der Waals surface area contributed by atoms with E-state index in [9.17, 15) is 9.59 Å². The fourth-order valence-electron chi connectivity index (χ4n) is 5.08. The van der Waals surface area contributed by atoms with E-state index in [4.69, 9.17) is 23.9 Å². The standard InChI is InChI=1S/C33H36N4O6/c1-21(2)25-18-26(22(3)17-29(25)41-5)32-35-27-11-7-6-10-24(27)33(39)37(32)34-19-23-9-8-12-28(40-4)31(23)43-20-30(38)36-13-15-42-16-14-36/h6-12,17-19,21H,13-16,20H2,1-5H3. The predicted octanol–water partition coefficient (Wildman–Crippen LogP) is 4.63. The average Bonchev–Trinajstić information content (AvgIpc) is 3.03. The summed E-state index contributed by atoms with van der Waals surface area (Å²) in [6, 6.07) is 16.5. The van der Waals surface area contributed by atoms with E-state index in [1.165, 1.54) is 18.0 Å². The van der Waals surface area contributed by atoms with Gasteiger partial charge in [-0.25, -0.2) is 4.98 Å². The molecule has 224 valence electrons. The van der Waals surface area contributed by atoms with Crippen LogP contribution in [0.3, 0.4) is 0 Å². The first kappa shape index (κ1) is 29.8. The normalized spacial score (nSPS) is 13.6. The highest BCUT2D eigenvalue weighted by Gasteiger charge is 2.21. The molecule has 1 aromatic heterocycles. The van der Waals surface area contributed by atoms with Gasteiger partial charge in [-0.3, -0.25) is 9.59 Å². The summed E-state index contributed by atoms with van der Waals surface area (Å²) in [6.07, 6.45) is 1.53. The SMILES string of the molecule is COc1cc(C)c(-c2nc3ccccc3c(=O)n2N=Cc2cccc(OC)c2OCC(=O)N2CCOCC2)cc1C(C)C. The number of hydrogen-bond donors (Lipinski definition) is 0. The Morgan fingerprint density at radius 3 is 2.51 bits per heavy atom. The molecule has 0 radical (unpaired) electrons. The number of amides is 1. The molecule has 0 N–H and O–H groups in total. The van der Waals surface area contributed by atoms with Gasteiger partial charge in [0.05, 0.1) is 44.6 Å². The van der Waals surface area contributed by atoms with Gasteiger partial charge in [0.25, 0.3) is 11.5 Å². The smallest absolute Gasteiger partial charge is 0.282 e. The van der Waals surface area contributed by atoms with Crippen LogP contribution in [0.4, 0.5) is 0 Å². The minimum Gasteiger partial charge on any atom is -0.496 e. The lowest BCUT2D eigenvalue weighted by Crippen LogP contribution is -2.43. The van der Waals surface area contributed by atoms with Crippen LogP contribution in [0.25, 0.3) is 22.3 Å². The Morgan fingerprint density at radius 1 is 1.05 bits per heavy atom. The second-order valence-electron chi connectivity index (χ2n) is 10.5. The lowest BCUT2D eigenvalue weighted by molar-refractivity contribution is -0.137. The molecule has 0 unspecified atom stereocenters. The largest absolute Gasteiger partial charge is 0.496 e. The van der Waals surface area contributed by atoms with Crippen molar-refractivity contribution in [3.63, 3.8) is 0 Å². The zero-order chi connectivity index (χ0) is 30.5. The third-order valence-corrected chi connectivity index (χ3v) is 7.44. The second kappa shape index (κ2) is 13.1. The Labute approximate surface area is 250 Å². The molecule has 43 heavy (non-hydrogen) atoms. The maximum atomic E-state index is 13.9. The van der Waals surface area contributed by atoms with Crippen LogP contribution in [-0.2, 0) is 9.53 Å². The number of aryl methyl sites for hydroxylation is 1. The minimum absolute atomic E-state index is 0.148. The number of morpholine rings is 1. The number of fused-ring (bicyclic) bond motifs is 1. The number of rotatable bonds is 9. The third kappa shape index (κ3) is 6.24. The van der Waals surface area contributed by atoms with Crippen molar-refractivity contribution in [3.05, 3.63) is 81.6 Å². The van der Waals surface area contributed by atoms with Gasteiger partial charge in [0.1, 0.15) is 5.75 Å². The Hall–Kier alpha value is -4.70. The monoisotopic (exact) mass is 584 g/mol. The van der Waals surface area contributed by atoms with Crippen molar-refractivity contribution in [2.45, 2.75) is 26.7 Å². The lowest BCUT2D eigenvalue weighted by atomic mass is 9.96. The predicted molar refractivity (Wildman–Crippen MR) is 166 cm³/mol. The molecule has 1 aliphatic rings. The van der Waals surface area contributed by atoms with Gasteiger partial charge in [-0.05, 0) is 60.4 Å². The van der Waals surface area contributed by atoms with Crippen LogP contribution in [0.15, 0.2) is 64.5 Å². The number of benzene rings is 3. The lowest BCUT2D eigenvalue weighted by Gasteiger charge is -2.27. The summed E-state index contributed by atoms with van der Waals surface area (Å²) in [6.45, 7) is 8.00. The fraction of sp³-hybridized carbons (Fsp3) is 0.333. The number of carbonyl (C=O) groups excluding carboxylic acids is 1. The third-order valence-electron chi connectivity index (χ3n) is 7.44. The van der Waals surface area contributed by atoms with Crippen molar-refractivity contribution in [2.75, 3.05) is 47.1 Å². The van der Waals surface area contributed by atoms with E-state index in [0.717, 1.165) is 22.4 Å². The number of nitrogens with zero attached hydrogens (tertiary/aromatic N) is 4. The number of ether oxygens (including phenoxy) is 4. The molecule has 1 amide bonds. The molecule has 10 heteroatoms. The zero-order valence-corrected chi connectivity index (χ0v) is 25.1. The molecule has 0 saturated carbocycles.